The van der Waals surface area contributed by atoms with Crippen LogP contribution in [0.25, 0.3) is 0 Å². The van der Waals surface area contributed by atoms with Gasteiger partial charge in [0.15, 0.2) is 0 Å². The number of amidine groups is 1. The van der Waals surface area contributed by atoms with Gasteiger partial charge in [0.1, 0.15) is 11.8 Å². The zero-order valence-electron chi connectivity index (χ0n) is 11.4. The molecule has 1 aromatic rings. The molecule has 1 fully saturated rings. The molecule has 0 radical (unpaired) electrons. The van der Waals surface area contributed by atoms with Crippen LogP contribution >= 0.6 is 15.9 Å². The Balaban J connectivity index is 1.87. The van der Waals surface area contributed by atoms with Crippen molar-refractivity contribution in [2.75, 3.05) is 13.1 Å². The van der Waals surface area contributed by atoms with E-state index in [1.807, 2.05) is 18.2 Å². The first-order valence-corrected chi connectivity index (χ1v) is 7.84. The van der Waals surface area contributed by atoms with Crippen LogP contribution in [-0.2, 0) is 9.59 Å². The molecular weight excluding hydrogens is 334 g/mol. The molecule has 0 spiro atoms. The molecule has 1 saturated heterocycles. The molecule has 0 aromatic heterocycles. The van der Waals surface area contributed by atoms with Crippen molar-refractivity contribution in [3.63, 3.8) is 0 Å². The summed E-state index contributed by atoms with van der Waals surface area (Å²) in [6, 6.07) is 7.25. The summed E-state index contributed by atoms with van der Waals surface area (Å²) in [7, 11) is 0. The van der Waals surface area contributed by atoms with E-state index in [0.29, 0.717) is 11.4 Å². The van der Waals surface area contributed by atoms with Gasteiger partial charge in [-0.3, -0.25) is 9.59 Å². The SMILES string of the molecule is O=C1N=C(C2CCCNC2)NC(=O)C1c1ccccc1Br. The van der Waals surface area contributed by atoms with Gasteiger partial charge in [-0.1, -0.05) is 34.1 Å². The highest BCUT2D eigenvalue weighted by atomic mass is 79.9. The van der Waals surface area contributed by atoms with Gasteiger partial charge in [0.2, 0.25) is 5.91 Å². The molecule has 2 N–H and O–H groups in total. The zero-order chi connectivity index (χ0) is 14.8. The fourth-order valence-corrected chi connectivity index (χ4v) is 3.30. The van der Waals surface area contributed by atoms with Gasteiger partial charge in [0.05, 0.1) is 0 Å². The molecule has 0 saturated carbocycles. The van der Waals surface area contributed by atoms with Gasteiger partial charge in [-0.2, -0.15) is 4.99 Å². The summed E-state index contributed by atoms with van der Waals surface area (Å²) in [5.74, 6) is -0.901. The largest absolute Gasteiger partial charge is 0.316 e. The van der Waals surface area contributed by atoms with Crippen LogP contribution in [0.15, 0.2) is 33.7 Å². The van der Waals surface area contributed by atoms with Crippen molar-refractivity contribution in [3.8, 4) is 0 Å². The van der Waals surface area contributed by atoms with Crippen molar-refractivity contribution in [3.05, 3.63) is 34.3 Å². The first-order valence-electron chi connectivity index (χ1n) is 7.05. The lowest BCUT2D eigenvalue weighted by Gasteiger charge is -2.28. The third kappa shape index (κ3) is 2.91. The molecule has 0 bridgehead atoms. The zero-order valence-corrected chi connectivity index (χ0v) is 13.0. The predicted octanol–water partition coefficient (Wildman–Crippen LogP) is 1.59. The number of hydrogen-bond donors (Lipinski definition) is 2. The highest BCUT2D eigenvalue weighted by molar-refractivity contribution is 9.10. The van der Waals surface area contributed by atoms with Crippen LogP contribution in [0.4, 0.5) is 0 Å². The molecule has 0 aliphatic carbocycles. The lowest BCUT2D eigenvalue weighted by molar-refractivity contribution is -0.130. The predicted molar refractivity (Wildman–Crippen MR) is 83.1 cm³/mol. The maximum atomic E-state index is 12.4. The minimum atomic E-state index is -0.860. The Bertz CT molecular complexity index is 609. The van der Waals surface area contributed by atoms with Crippen LogP contribution in [0, 0.1) is 5.92 Å². The highest BCUT2D eigenvalue weighted by Gasteiger charge is 2.36. The summed E-state index contributed by atoms with van der Waals surface area (Å²) in [5.41, 5.74) is 0.657. The number of hydrogen-bond acceptors (Lipinski definition) is 3. The van der Waals surface area contributed by atoms with Crippen molar-refractivity contribution >= 4 is 33.6 Å². The number of rotatable bonds is 2. The Morgan fingerprint density at radius 3 is 2.71 bits per heavy atom. The molecule has 2 aliphatic rings. The van der Waals surface area contributed by atoms with Crippen molar-refractivity contribution in [2.45, 2.75) is 18.8 Å². The van der Waals surface area contributed by atoms with E-state index >= 15 is 0 Å². The van der Waals surface area contributed by atoms with E-state index in [9.17, 15) is 9.59 Å². The normalized spacial score (nSPS) is 26.2. The van der Waals surface area contributed by atoms with Gasteiger partial charge in [0.25, 0.3) is 5.91 Å². The average Bonchev–Trinajstić information content (AvgIpc) is 2.49. The minimum Gasteiger partial charge on any atom is -0.316 e. The molecule has 2 atom stereocenters. The summed E-state index contributed by atoms with van der Waals surface area (Å²) in [4.78, 5) is 28.8. The van der Waals surface area contributed by atoms with E-state index in [0.717, 1.165) is 30.4 Å². The highest BCUT2D eigenvalue weighted by Crippen LogP contribution is 2.28. The quantitative estimate of drug-likeness (QED) is 0.796. The Kier molecular flexibility index (Phi) is 4.17. The number of carbonyl (C=O) groups excluding carboxylic acids is 2. The van der Waals surface area contributed by atoms with Crippen LogP contribution in [0.3, 0.4) is 0 Å². The second kappa shape index (κ2) is 6.07. The van der Waals surface area contributed by atoms with E-state index in [1.165, 1.54) is 0 Å². The number of piperidine rings is 1. The molecule has 2 heterocycles. The molecule has 5 nitrogen and oxygen atoms in total. The Hall–Kier alpha value is -1.53. The maximum Gasteiger partial charge on any atom is 0.264 e. The van der Waals surface area contributed by atoms with E-state index in [1.54, 1.807) is 6.07 Å². The summed E-state index contributed by atoms with van der Waals surface area (Å²) < 4.78 is 0.747. The average molecular weight is 350 g/mol. The molecule has 2 aliphatic heterocycles. The molecule has 110 valence electrons. The Labute approximate surface area is 131 Å². The molecule has 2 unspecified atom stereocenters. The smallest absolute Gasteiger partial charge is 0.264 e. The lowest BCUT2D eigenvalue weighted by Crippen LogP contribution is -2.49. The van der Waals surface area contributed by atoms with E-state index in [4.69, 9.17) is 0 Å². The third-order valence-electron chi connectivity index (χ3n) is 3.89. The lowest BCUT2D eigenvalue weighted by atomic mass is 9.93. The molecular formula is C15H16BrN3O2. The minimum absolute atomic E-state index is 0.117. The monoisotopic (exact) mass is 349 g/mol. The Morgan fingerprint density at radius 2 is 2.05 bits per heavy atom. The van der Waals surface area contributed by atoms with Crippen molar-refractivity contribution in [1.29, 1.82) is 0 Å². The van der Waals surface area contributed by atoms with Gasteiger partial charge in [-0.15, -0.1) is 0 Å². The second-order valence-corrected chi connectivity index (χ2v) is 6.18. The van der Waals surface area contributed by atoms with Gasteiger partial charge < -0.3 is 10.6 Å². The van der Waals surface area contributed by atoms with Crippen LogP contribution in [0.1, 0.15) is 24.3 Å². The number of nitrogens with one attached hydrogen (secondary N) is 2. The van der Waals surface area contributed by atoms with Crippen LogP contribution in [-0.4, -0.2) is 30.7 Å². The van der Waals surface area contributed by atoms with E-state index in [-0.39, 0.29) is 17.7 Å². The first kappa shape index (κ1) is 14.4. The summed E-state index contributed by atoms with van der Waals surface area (Å²) in [5, 5.41) is 6.08. The van der Waals surface area contributed by atoms with E-state index in [2.05, 4.69) is 31.6 Å². The molecule has 21 heavy (non-hydrogen) atoms. The standard InChI is InChI=1S/C15H16BrN3O2/c16-11-6-2-1-5-10(11)12-14(20)18-13(19-15(12)21)9-4-3-7-17-8-9/h1-2,5-6,9,12,17H,3-4,7-8H2,(H,18,19,20,21). The Morgan fingerprint density at radius 1 is 1.24 bits per heavy atom. The molecule has 3 rings (SSSR count). The molecule has 6 heteroatoms. The fraction of sp³-hybridized carbons (Fsp3) is 0.400. The topological polar surface area (TPSA) is 70.6 Å². The van der Waals surface area contributed by atoms with Crippen molar-refractivity contribution in [1.82, 2.24) is 10.6 Å². The van der Waals surface area contributed by atoms with Crippen LogP contribution in [0.5, 0.6) is 0 Å². The van der Waals surface area contributed by atoms with Crippen molar-refractivity contribution < 1.29 is 9.59 Å². The van der Waals surface area contributed by atoms with Gasteiger partial charge in [0, 0.05) is 16.9 Å². The van der Waals surface area contributed by atoms with Gasteiger partial charge >= 0.3 is 0 Å². The summed E-state index contributed by atoms with van der Waals surface area (Å²) in [6.07, 6.45) is 1.97. The molecule has 2 amide bonds. The first-order chi connectivity index (χ1) is 10.2. The number of amides is 2. The second-order valence-electron chi connectivity index (χ2n) is 5.32. The number of carbonyl (C=O) groups is 2. The number of aliphatic imine (C=N–C) groups is 1. The maximum absolute atomic E-state index is 12.4. The van der Waals surface area contributed by atoms with Crippen LogP contribution in [0.2, 0.25) is 0 Å². The number of halogens is 1. The van der Waals surface area contributed by atoms with Crippen LogP contribution < -0.4 is 10.6 Å². The summed E-state index contributed by atoms with van der Waals surface area (Å²) >= 11 is 3.39. The van der Waals surface area contributed by atoms with E-state index < -0.39 is 5.92 Å². The summed E-state index contributed by atoms with van der Waals surface area (Å²) in [6.45, 7) is 1.73. The molecule has 1 aromatic carbocycles. The van der Waals surface area contributed by atoms with Gasteiger partial charge in [-0.05, 0) is 31.0 Å². The number of benzene rings is 1. The van der Waals surface area contributed by atoms with Gasteiger partial charge in [-0.25, -0.2) is 0 Å². The fourth-order valence-electron chi connectivity index (χ4n) is 2.78. The third-order valence-corrected chi connectivity index (χ3v) is 4.61. The van der Waals surface area contributed by atoms with Crippen molar-refractivity contribution in [2.24, 2.45) is 10.9 Å². The number of nitrogens with zero attached hydrogens (tertiary/aromatic N) is 1.